The Labute approximate surface area is 206 Å². The number of methoxy groups -OCH3 is 1. The van der Waals surface area contributed by atoms with Crippen molar-refractivity contribution in [3.63, 3.8) is 0 Å². The average Bonchev–Trinajstić information content (AvgIpc) is 3.13. The molecule has 1 aliphatic heterocycles. The van der Waals surface area contributed by atoms with Crippen LogP contribution in [0.1, 0.15) is 51.9 Å². The van der Waals surface area contributed by atoms with Crippen molar-refractivity contribution in [2.24, 2.45) is 0 Å². The molecule has 2 aliphatic rings. The Morgan fingerprint density at radius 3 is 2.26 bits per heavy atom. The minimum Gasteiger partial charge on any atom is -0.497 e. The first-order valence-corrected chi connectivity index (χ1v) is 12.3. The van der Waals surface area contributed by atoms with Gasteiger partial charge in [-0.2, -0.15) is 0 Å². The molecule has 1 saturated heterocycles. The molecule has 0 bridgehead atoms. The van der Waals surface area contributed by atoms with Gasteiger partial charge in [0.1, 0.15) is 17.5 Å². The van der Waals surface area contributed by atoms with Crippen molar-refractivity contribution in [3.05, 3.63) is 48.5 Å². The van der Waals surface area contributed by atoms with Crippen LogP contribution in [-0.4, -0.2) is 48.5 Å². The van der Waals surface area contributed by atoms with Gasteiger partial charge in [-0.25, -0.2) is 9.69 Å². The van der Waals surface area contributed by atoms with Crippen LogP contribution in [0.15, 0.2) is 48.5 Å². The lowest BCUT2D eigenvalue weighted by Crippen LogP contribution is -2.45. The zero-order chi connectivity index (χ0) is 24.8. The van der Waals surface area contributed by atoms with E-state index in [-0.39, 0.29) is 30.3 Å². The number of imide groups is 1. The highest BCUT2D eigenvalue weighted by Crippen LogP contribution is 2.34. The lowest BCUT2D eigenvalue weighted by atomic mass is 9.93. The monoisotopic (exact) mass is 479 g/mol. The molecular formula is C27H33N3O5. The van der Waals surface area contributed by atoms with Crippen LogP contribution in [0.4, 0.5) is 16.2 Å². The van der Waals surface area contributed by atoms with Gasteiger partial charge in [0.15, 0.2) is 0 Å². The van der Waals surface area contributed by atoms with Crippen LogP contribution in [0.2, 0.25) is 0 Å². The van der Waals surface area contributed by atoms with E-state index in [1.165, 1.54) is 4.90 Å². The summed E-state index contributed by atoms with van der Waals surface area (Å²) < 4.78 is 10.8. The van der Waals surface area contributed by atoms with E-state index >= 15 is 0 Å². The highest BCUT2D eigenvalue weighted by atomic mass is 16.5. The predicted octanol–water partition coefficient (Wildman–Crippen LogP) is 4.98. The third-order valence-electron chi connectivity index (χ3n) is 6.54. The molecule has 186 valence electrons. The predicted molar refractivity (Wildman–Crippen MR) is 134 cm³/mol. The Morgan fingerprint density at radius 2 is 1.63 bits per heavy atom. The topological polar surface area (TPSA) is 88.2 Å². The summed E-state index contributed by atoms with van der Waals surface area (Å²) in [6.45, 7) is 2.67. The second-order valence-corrected chi connectivity index (χ2v) is 8.99. The molecule has 2 aromatic carbocycles. The fourth-order valence-electron chi connectivity index (χ4n) is 4.78. The maximum atomic E-state index is 13.5. The molecule has 0 aromatic heterocycles. The fourth-order valence-corrected chi connectivity index (χ4v) is 4.78. The molecule has 0 unspecified atom stereocenters. The molecule has 4 amide bonds. The molecule has 35 heavy (non-hydrogen) atoms. The van der Waals surface area contributed by atoms with Gasteiger partial charge in [-0.15, -0.1) is 0 Å². The average molecular weight is 480 g/mol. The van der Waals surface area contributed by atoms with E-state index < -0.39 is 6.04 Å². The number of rotatable bonds is 9. The number of ether oxygens (including phenoxy) is 2. The first-order chi connectivity index (χ1) is 17.0. The standard InChI is InChI=1S/C27H33N3O5/c1-3-17-35-23-13-9-19(10-14-23)28-25(31)18-24-26(32)30(21-11-15-22(34-2)16-12-21)27(33)29(24)20-7-5-4-6-8-20/h9-16,20,24H,3-8,17-18H2,1-2H3,(H,28,31)/t24-/m0/s1. The molecule has 2 aromatic rings. The summed E-state index contributed by atoms with van der Waals surface area (Å²) in [5.74, 6) is 0.694. The van der Waals surface area contributed by atoms with Crippen molar-refractivity contribution in [1.29, 1.82) is 0 Å². The molecule has 8 heteroatoms. The van der Waals surface area contributed by atoms with Crippen LogP contribution in [0.5, 0.6) is 11.5 Å². The SMILES string of the molecule is CCCOc1ccc(NC(=O)C[C@H]2C(=O)N(c3ccc(OC)cc3)C(=O)N2C2CCCCC2)cc1. The molecule has 2 fully saturated rings. The summed E-state index contributed by atoms with van der Waals surface area (Å²) in [4.78, 5) is 42.8. The third-order valence-corrected chi connectivity index (χ3v) is 6.54. The quantitative estimate of drug-likeness (QED) is 0.513. The number of hydrogen-bond donors (Lipinski definition) is 1. The molecule has 4 rings (SSSR count). The lowest BCUT2D eigenvalue weighted by Gasteiger charge is -2.33. The Bertz CT molecular complexity index is 1030. The van der Waals surface area contributed by atoms with Crippen molar-refractivity contribution in [2.75, 3.05) is 23.9 Å². The van der Waals surface area contributed by atoms with E-state index in [4.69, 9.17) is 9.47 Å². The highest BCUT2D eigenvalue weighted by molar-refractivity contribution is 6.22. The maximum absolute atomic E-state index is 13.5. The van der Waals surface area contributed by atoms with Gasteiger partial charge >= 0.3 is 6.03 Å². The van der Waals surface area contributed by atoms with Crippen molar-refractivity contribution < 1.29 is 23.9 Å². The fraction of sp³-hybridized carbons (Fsp3) is 0.444. The Morgan fingerprint density at radius 1 is 0.971 bits per heavy atom. The molecule has 1 atom stereocenters. The number of carbonyl (C=O) groups is 3. The van der Waals surface area contributed by atoms with Crippen LogP contribution in [0, 0.1) is 0 Å². The summed E-state index contributed by atoms with van der Waals surface area (Å²) in [6.07, 6.45) is 5.64. The van der Waals surface area contributed by atoms with Gasteiger partial charge in [0.2, 0.25) is 5.91 Å². The number of anilines is 2. The van der Waals surface area contributed by atoms with Gasteiger partial charge in [0.25, 0.3) is 5.91 Å². The molecule has 0 radical (unpaired) electrons. The number of carbonyl (C=O) groups excluding carboxylic acids is 3. The zero-order valence-corrected chi connectivity index (χ0v) is 20.4. The Kier molecular flexibility index (Phi) is 7.90. The normalized spacial score (nSPS) is 18.6. The molecule has 0 spiro atoms. The molecular weight excluding hydrogens is 446 g/mol. The maximum Gasteiger partial charge on any atom is 0.332 e. The van der Waals surface area contributed by atoms with Gasteiger partial charge in [-0.3, -0.25) is 9.59 Å². The first kappa shape index (κ1) is 24.6. The summed E-state index contributed by atoms with van der Waals surface area (Å²) >= 11 is 0. The van der Waals surface area contributed by atoms with Gasteiger partial charge in [-0.05, 0) is 67.8 Å². The molecule has 8 nitrogen and oxygen atoms in total. The number of nitrogens with one attached hydrogen (secondary N) is 1. The largest absolute Gasteiger partial charge is 0.497 e. The number of urea groups is 1. The van der Waals surface area contributed by atoms with E-state index in [1.807, 2.05) is 6.92 Å². The van der Waals surface area contributed by atoms with Crippen molar-refractivity contribution >= 4 is 29.2 Å². The molecule has 1 heterocycles. The van der Waals surface area contributed by atoms with E-state index in [1.54, 1.807) is 60.5 Å². The van der Waals surface area contributed by atoms with E-state index in [9.17, 15) is 14.4 Å². The molecule has 1 saturated carbocycles. The van der Waals surface area contributed by atoms with Crippen LogP contribution >= 0.6 is 0 Å². The zero-order valence-electron chi connectivity index (χ0n) is 20.4. The summed E-state index contributed by atoms with van der Waals surface area (Å²) in [5.41, 5.74) is 1.10. The summed E-state index contributed by atoms with van der Waals surface area (Å²) in [7, 11) is 1.56. The Hall–Kier alpha value is -3.55. The lowest BCUT2D eigenvalue weighted by molar-refractivity contribution is -0.125. The first-order valence-electron chi connectivity index (χ1n) is 12.3. The third kappa shape index (κ3) is 5.58. The highest BCUT2D eigenvalue weighted by Gasteiger charge is 2.49. The van der Waals surface area contributed by atoms with E-state index in [0.717, 1.165) is 44.3 Å². The van der Waals surface area contributed by atoms with Crippen molar-refractivity contribution in [1.82, 2.24) is 4.90 Å². The number of benzene rings is 2. The summed E-state index contributed by atoms with van der Waals surface area (Å²) in [6, 6.07) is 12.7. The van der Waals surface area contributed by atoms with Gasteiger partial charge in [-0.1, -0.05) is 26.2 Å². The number of amides is 4. The summed E-state index contributed by atoms with van der Waals surface area (Å²) in [5, 5.41) is 2.86. The minimum atomic E-state index is -0.833. The minimum absolute atomic E-state index is 0.0451. The van der Waals surface area contributed by atoms with E-state index in [0.29, 0.717) is 23.7 Å². The second kappa shape index (κ2) is 11.3. The van der Waals surface area contributed by atoms with Gasteiger partial charge in [0.05, 0.1) is 25.8 Å². The van der Waals surface area contributed by atoms with Crippen LogP contribution in [-0.2, 0) is 9.59 Å². The number of nitrogens with zero attached hydrogens (tertiary/aromatic N) is 2. The van der Waals surface area contributed by atoms with Crippen molar-refractivity contribution in [3.8, 4) is 11.5 Å². The van der Waals surface area contributed by atoms with Gasteiger partial charge < -0.3 is 19.7 Å². The Balaban J connectivity index is 1.51. The molecule has 1 aliphatic carbocycles. The second-order valence-electron chi connectivity index (χ2n) is 8.99. The van der Waals surface area contributed by atoms with Crippen LogP contribution in [0.3, 0.4) is 0 Å². The van der Waals surface area contributed by atoms with E-state index in [2.05, 4.69) is 5.32 Å². The number of hydrogen-bond acceptors (Lipinski definition) is 5. The molecule has 1 N–H and O–H groups in total. The van der Waals surface area contributed by atoms with Crippen LogP contribution < -0.4 is 19.7 Å². The van der Waals surface area contributed by atoms with Crippen LogP contribution in [0.25, 0.3) is 0 Å². The van der Waals surface area contributed by atoms with Crippen molar-refractivity contribution in [2.45, 2.75) is 64.0 Å². The van der Waals surface area contributed by atoms with Gasteiger partial charge in [0, 0.05) is 11.7 Å². The smallest absolute Gasteiger partial charge is 0.332 e.